The molecule has 0 saturated heterocycles. The number of thioether (sulfide) groups is 1. The second-order valence-electron chi connectivity index (χ2n) is 3.16. The summed E-state index contributed by atoms with van der Waals surface area (Å²) in [6, 6.07) is 2.93. The summed E-state index contributed by atoms with van der Waals surface area (Å²) >= 11 is 1.68. The maximum Gasteiger partial charge on any atom is 0.253 e. The Labute approximate surface area is 92.7 Å². The summed E-state index contributed by atoms with van der Waals surface area (Å²) in [4.78, 5) is 26.9. The first-order valence-corrected chi connectivity index (χ1v) is 5.97. The molecule has 1 aromatic heterocycles. The number of nitrogens with one attached hydrogen (secondary N) is 1. The van der Waals surface area contributed by atoms with Crippen LogP contribution < -0.4 is 5.56 Å². The van der Waals surface area contributed by atoms with E-state index in [0.29, 0.717) is 12.1 Å². The molecule has 0 saturated carbocycles. The maximum absolute atomic E-state index is 11.8. The molecule has 0 atom stereocenters. The third kappa shape index (κ3) is 3.43. The second kappa shape index (κ2) is 5.60. The van der Waals surface area contributed by atoms with Crippen LogP contribution in [-0.2, 0) is 0 Å². The molecule has 1 rings (SSSR count). The normalized spacial score (nSPS) is 10.0. The van der Waals surface area contributed by atoms with E-state index in [2.05, 4.69) is 4.98 Å². The predicted octanol–water partition coefficient (Wildman–Crippen LogP) is 0.810. The van der Waals surface area contributed by atoms with Gasteiger partial charge in [-0.25, -0.2) is 0 Å². The third-order valence-electron chi connectivity index (χ3n) is 2.00. The molecule has 5 heteroatoms. The van der Waals surface area contributed by atoms with Gasteiger partial charge in [-0.15, -0.1) is 0 Å². The van der Waals surface area contributed by atoms with Crippen LogP contribution in [-0.4, -0.2) is 41.4 Å². The lowest BCUT2D eigenvalue weighted by Gasteiger charge is -2.15. The lowest BCUT2D eigenvalue weighted by molar-refractivity contribution is 0.0803. The van der Waals surface area contributed by atoms with Crippen molar-refractivity contribution >= 4 is 17.7 Å². The van der Waals surface area contributed by atoms with Gasteiger partial charge in [0.1, 0.15) is 0 Å². The van der Waals surface area contributed by atoms with E-state index in [1.807, 2.05) is 6.26 Å². The Bertz CT molecular complexity index is 389. The molecule has 1 amide bonds. The molecule has 0 fully saturated rings. The van der Waals surface area contributed by atoms with E-state index in [9.17, 15) is 9.59 Å². The number of pyridine rings is 1. The molecule has 0 aromatic carbocycles. The highest BCUT2D eigenvalue weighted by atomic mass is 32.2. The van der Waals surface area contributed by atoms with Crippen molar-refractivity contribution in [1.29, 1.82) is 0 Å². The van der Waals surface area contributed by atoms with E-state index >= 15 is 0 Å². The van der Waals surface area contributed by atoms with Crippen molar-refractivity contribution in [3.8, 4) is 0 Å². The lowest BCUT2D eigenvalue weighted by atomic mass is 10.2. The summed E-state index contributed by atoms with van der Waals surface area (Å²) in [6.07, 6.45) is 3.48. The Balaban J connectivity index is 2.72. The fraction of sp³-hybridized carbons (Fsp3) is 0.400. The Morgan fingerprint density at radius 1 is 1.60 bits per heavy atom. The van der Waals surface area contributed by atoms with E-state index in [-0.39, 0.29) is 11.5 Å². The quantitative estimate of drug-likeness (QED) is 0.826. The second-order valence-corrected chi connectivity index (χ2v) is 4.15. The Morgan fingerprint density at radius 2 is 2.33 bits per heavy atom. The number of carbonyl (C=O) groups is 1. The van der Waals surface area contributed by atoms with Gasteiger partial charge in [0.15, 0.2) is 0 Å². The summed E-state index contributed by atoms with van der Waals surface area (Å²) in [5.41, 5.74) is 0.182. The molecule has 0 bridgehead atoms. The van der Waals surface area contributed by atoms with Gasteiger partial charge < -0.3 is 9.88 Å². The van der Waals surface area contributed by atoms with Gasteiger partial charge in [-0.2, -0.15) is 11.8 Å². The summed E-state index contributed by atoms with van der Waals surface area (Å²) in [6.45, 7) is 0.687. The highest BCUT2D eigenvalue weighted by Crippen LogP contribution is 2.01. The van der Waals surface area contributed by atoms with Crippen molar-refractivity contribution in [2.75, 3.05) is 25.6 Å². The van der Waals surface area contributed by atoms with E-state index in [0.717, 1.165) is 5.75 Å². The standard InChI is InChI=1S/C10H14N2O2S/c1-12(5-6-15-2)10(14)8-3-4-11-9(13)7-8/h3-4,7H,5-6H2,1-2H3,(H,11,13). The van der Waals surface area contributed by atoms with Crippen molar-refractivity contribution in [2.45, 2.75) is 0 Å². The molecule has 82 valence electrons. The van der Waals surface area contributed by atoms with Crippen LogP contribution in [0.1, 0.15) is 10.4 Å². The number of hydrogen-bond acceptors (Lipinski definition) is 3. The molecule has 0 radical (unpaired) electrons. The van der Waals surface area contributed by atoms with E-state index in [1.54, 1.807) is 29.8 Å². The average molecular weight is 226 g/mol. The number of amides is 1. The zero-order valence-corrected chi connectivity index (χ0v) is 9.63. The highest BCUT2D eigenvalue weighted by Gasteiger charge is 2.10. The monoisotopic (exact) mass is 226 g/mol. The minimum absolute atomic E-state index is 0.116. The summed E-state index contributed by atoms with van der Waals surface area (Å²) in [7, 11) is 1.74. The van der Waals surface area contributed by atoms with Gasteiger partial charge in [0.2, 0.25) is 5.56 Å². The van der Waals surface area contributed by atoms with Crippen LogP contribution >= 0.6 is 11.8 Å². The minimum Gasteiger partial charge on any atom is -0.341 e. The number of aromatic amines is 1. The molecule has 1 heterocycles. The molecule has 0 spiro atoms. The highest BCUT2D eigenvalue weighted by molar-refractivity contribution is 7.98. The number of carbonyl (C=O) groups excluding carboxylic acids is 1. The van der Waals surface area contributed by atoms with Gasteiger partial charge in [0.05, 0.1) is 0 Å². The van der Waals surface area contributed by atoms with Crippen molar-refractivity contribution in [3.05, 3.63) is 34.2 Å². The Hall–Kier alpha value is -1.23. The van der Waals surface area contributed by atoms with Crippen molar-refractivity contribution in [1.82, 2.24) is 9.88 Å². The van der Waals surface area contributed by atoms with E-state index in [1.165, 1.54) is 12.3 Å². The molecule has 4 nitrogen and oxygen atoms in total. The van der Waals surface area contributed by atoms with Gasteiger partial charge in [0, 0.05) is 37.2 Å². The van der Waals surface area contributed by atoms with Crippen LogP contribution in [0.5, 0.6) is 0 Å². The molecular formula is C10H14N2O2S. The number of H-pyrrole nitrogens is 1. The van der Waals surface area contributed by atoms with E-state index < -0.39 is 0 Å². The van der Waals surface area contributed by atoms with Gasteiger partial charge in [-0.3, -0.25) is 9.59 Å². The van der Waals surface area contributed by atoms with Crippen LogP contribution in [0, 0.1) is 0 Å². The van der Waals surface area contributed by atoms with Crippen LogP contribution in [0.2, 0.25) is 0 Å². The first-order valence-electron chi connectivity index (χ1n) is 4.58. The molecule has 0 aliphatic rings. The fourth-order valence-corrected chi connectivity index (χ4v) is 1.58. The number of nitrogens with zero attached hydrogens (tertiary/aromatic N) is 1. The van der Waals surface area contributed by atoms with Gasteiger partial charge >= 0.3 is 0 Å². The first kappa shape index (κ1) is 11.8. The van der Waals surface area contributed by atoms with Crippen LogP contribution in [0.25, 0.3) is 0 Å². The smallest absolute Gasteiger partial charge is 0.253 e. The molecule has 1 aromatic rings. The van der Waals surface area contributed by atoms with E-state index in [4.69, 9.17) is 0 Å². The zero-order valence-electron chi connectivity index (χ0n) is 8.82. The Morgan fingerprint density at radius 3 is 2.93 bits per heavy atom. The van der Waals surface area contributed by atoms with Gasteiger partial charge in [-0.05, 0) is 12.3 Å². The molecule has 15 heavy (non-hydrogen) atoms. The Kier molecular flexibility index (Phi) is 4.42. The SMILES string of the molecule is CSCCN(C)C(=O)c1cc[nH]c(=O)c1. The fourth-order valence-electron chi connectivity index (χ4n) is 1.13. The zero-order chi connectivity index (χ0) is 11.3. The number of hydrogen-bond donors (Lipinski definition) is 1. The van der Waals surface area contributed by atoms with Crippen molar-refractivity contribution < 1.29 is 4.79 Å². The molecule has 0 aliphatic heterocycles. The molecule has 1 N–H and O–H groups in total. The molecule has 0 unspecified atom stereocenters. The van der Waals surface area contributed by atoms with Crippen molar-refractivity contribution in [3.63, 3.8) is 0 Å². The third-order valence-corrected chi connectivity index (χ3v) is 2.59. The lowest BCUT2D eigenvalue weighted by Crippen LogP contribution is -2.29. The molecular weight excluding hydrogens is 212 g/mol. The first-order chi connectivity index (χ1) is 7.15. The minimum atomic E-state index is -0.251. The largest absolute Gasteiger partial charge is 0.341 e. The summed E-state index contributed by atoms with van der Waals surface area (Å²) < 4.78 is 0. The average Bonchev–Trinajstić information content (AvgIpc) is 2.24. The predicted molar refractivity (Wildman–Crippen MR) is 62.4 cm³/mol. The molecule has 0 aliphatic carbocycles. The van der Waals surface area contributed by atoms with Crippen LogP contribution in [0.4, 0.5) is 0 Å². The number of aromatic nitrogens is 1. The number of rotatable bonds is 4. The van der Waals surface area contributed by atoms with Crippen LogP contribution in [0.3, 0.4) is 0 Å². The topological polar surface area (TPSA) is 53.2 Å². The maximum atomic E-state index is 11.8. The summed E-state index contributed by atoms with van der Waals surface area (Å²) in [5, 5.41) is 0. The van der Waals surface area contributed by atoms with Crippen molar-refractivity contribution in [2.24, 2.45) is 0 Å². The van der Waals surface area contributed by atoms with Gasteiger partial charge in [0.25, 0.3) is 5.91 Å². The summed E-state index contributed by atoms with van der Waals surface area (Å²) in [5.74, 6) is 0.779. The van der Waals surface area contributed by atoms with Gasteiger partial charge in [-0.1, -0.05) is 0 Å². The van der Waals surface area contributed by atoms with Crippen LogP contribution in [0.15, 0.2) is 23.1 Å².